The number of piperidine rings is 1. The normalized spacial score (nSPS) is 15.2. The van der Waals surface area contributed by atoms with Crippen LogP contribution in [0.25, 0.3) is 0 Å². The molecule has 1 fully saturated rings. The van der Waals surface area contributed by atoms with E-state index < -0.39 is 0 Å². The van der Waals surface area contributed by atoms with Crippen molar-refractivity contribution in [2.24, 2.45) is 0 Å². The number of carbonyl (C=O) groups excluding carboxylic acids is 1. The van der Waals surface area contributed by atoms with E-state index in [1.807, 2.05) is 4.90 Å². The second kappa shape index (κ2) is 8.15. The summed E-state index contributed by atoms with van der Waals surface area (Å²) in [6.07, 6.45) is 3.22. The molecule has 1 amide bonds. The van der Waals surface area contributed by atoms with Crippen molar-refractivity contribution in [3.05, 3.63) is 65.5 Å². The van der Waals surface area contributed by atoms with Crippen molar-refractivity contribution >= 4 is 11.6 Å². The molecule has 0 bridgehead atoms. The first-order valence-electron chi connectivity index (χ1n) is 8.95. The fraction of sp³-hybridized carbons (Fsp3) is 0.381. The maximum atomic E-state index is 12.9. The Morgan fingerprint density at radius 3 is 2.36 bits per heavy atom. The lowest BCUT2D eigenvalue weighted by molar-refractivity contribution is -0.132. The Morgan fingerprint density at radius 1 is 1.08 bits per heavy atom. The molecule has 4 heteroatoms. The van der Waals surface area contributed by atoms with Crippen molar-refractivity contribution in [3.8, 4) is 0 Å². The van der Waals surface area contributed by atoms with E-state index in [1.165, 1.54) is 23.3 Å². The van der Waals surface area contributed by atoms with E-state index in [0.717, 1.165) is 38.0 Å². The molecule has 0 spiro atoms. The van der Waals surface area contributed by atoms with Crippen LogP contribution in [0.5, 0.6) is 0 Å². The Hall–Kier alpha value is -2.36. The Labute approximate surface area is 148 Å². The van der Waals surface area contributed by atoms with Gasteiger partial charge in [-0.25, -0.2) is 4.39 Å². The fourth-order valence-corrected chi connectivity index (χ4v) is 3.22. The standard InChI is InChI=1S/C21H25FN2O/c1-16-2-4-17(5-3-16)6-11-21(25)24-14-12-20(13-15-24)23-19-9-7-18(22)8-10-19/h2-5,7-10,20,23H,6,11-15H2,1H3. The fourth-order valence-electron chi connectivity index (χ4n) is 3.22. The summed E-state index contributed by atoms with van der Waals surface area (Å²) in [4.78, 5) is 14.4. The molecule has 1 aliphatic rings. The van der Waals surface area contributed by atoms with Crippen LogP contribution in [0.3, 0.4) is 0 Å². The number of nitrogens with zero attached hydrogens (tertiary/aromatic N) is 1. The summed E-state index contributed by atoms with van der Waals surface area (Å²) < 4.78 is 12.9. The van der Waals surface area contributed by atoms with Crippen molar-refractivity contribution in [3.63, 3.8) is 0 Å². The first-order chi connectivity index (χ1) is 12.1. The highest BCUT2D eigenvalue weighted by Gasteiger charge is 2.22. The minimum absolute atomic E-state index is 0.223. The molecule has 0 saturated carbocycles. The van der Waals surface area contributed by atoms with Crippen molar-refractivity contribution in [2.45, 2.75) is 38.6 Å². The summed E-state index contributed by atoms with van der Waals surface area (Å²) in [5, 5.41) is 3.43. The molecule has 2 aromatic carbocycles. The molecule has 0 aliphatic carbocycles. The lowest BCUT2D eigenvalue weighted by atomic mass is 10.0. The maximum Gasteiger partial charge on any atom is 0.222 e. The van der Waals surface area contributed by atoms with Crippen LogP contribution in [0.15, 0.2) is 48.5 Å². The number of halogens is 1. The highest BCUT2D eigenvalue weighted by atomic mass is 19.1. The number of likely N-dealkylation sites (tertiary alicyclic amines) is 1. The van der Waals surface area contributed by atoms with Crippen molar-refractivity contribution in [2.75, 3.05) is 18.4 Å². The molecule has 1 heterocycles. The second-order valence-electron chi connectivity index (χ2n) is 6.79. The molecule has 1 aliphatic heterocycles. The van der Waals surface area contributed by atoms with Gasteiger partial charge < -0.3 is 10.2 Å². The smallest absolute Gasteiger partial charge is 0.222 e. The molecule has 0 radical (unpaired) electrons. The molecular formula is C21H25FN2O. The van der Waals surface area contributed by atoms with Gasteiger partial charge in [0.25, 0.3) is 0 Å². The van der Waals surface area contributed by atoms with Crippen molar-refractivity contribution < 1.29 is 9.18 Å². The number of hydrogen-bond acceptors (Lipinski definition) is 2. The summed E-state index contributed by atoms with van der Waals surface area (Å²) >= 11 is 0. The van der Waals surface area contributed by atoms with Gasteiger partial charge in [-0.3, -0.25) is 4.79 Å². The predicted octanol–water partition coefficient (Wildman–Crippen LogP) is 4.17. The van der Waals surface area contributed by atoms with Gasteiger partial charge in [0.05, 0.1) is 0 Å². The zero-order chi connectivity index (χ0) is 17.6. The van der Waals surface area contributed by atoms with Crippen LogP contribution in [0, 0.1) is 12.7 Å². The Kier molecular flexibility index (Phi) is 5.69. The quantitative estimate of drug-likeness (QED) is 0.886. The SMILES string of the molecule is Cc1ccc(CCC(=O)N2CCC(Nc3ccc(F)cc3)CC2)cc1. The number of benzene rings is 2. The first kappa shape index (κ1) is 17.5. The van der Waals surface area contributed by atoms with E-state index in [0.29, 0.717) is 12.5 Å². The topological polar surface area (TPSA) is 32.3 Å². The first-order valence-corrected chi connectivity index (χ1v) is 8.95. The van der Waals surface area contributed by atoms with Crippen LogP contribution < -0.4 is 5.32 Å². The molecule has 25 heavy (non-hydrogen) atoms. The molecular weight excluding hydrogens is 315 g/mol. The van der Waals surface area contributed by atoms with E-state index in [9.17, 15) is 9.18 Å². The average Bonchev–Trinajstić information content (AvgIpc) is 2.63. The Morgan fingerprint density at radius 2 is 1.72 bits per heavy atom. The number of hydrogen-bond donors (Lipinski definition) is 1. The van der Waals surface area contributed by atoms with Gasteiger partial charge >= 0.3 is 0 Å². The number of nitrogens with one attached hydrogen (secondary N) is 1. The number of carbonyl (C=O) groups is 1. The van der Waals surface area contributed by atoms with Gasteiger partial charge in [-0.1, -0.05) is 29.8 Å². The third-order valence-electron chi connectivity index (χ3n) is 4.81. The monoisotopic (exact) mass is 340 g/mol. The van der Waals surface area contributed by atoms with Crippen molar-refractivity contribution in [1.29, 1.82) is 0 Å². The highest BCUT2D eigenvalue weighted by Crippen LogP contribution is 2.18. The third kappa shape index (κ3) is 5.05. The summed E-state index contributed by atoms with van der Waals surface area (Å²) in [6, 6.07) is 15.2. The predicted molar refractivity (Wildman–Crippen MR) is 99.1 cm³/mol. The lowest BCUT2D eigenvalue weighted by Gasteiger charge is -2.33. The Balaban J connectivity index is 1.42. The summed E-state index contributed by atoms with van der Waals surface area (Å²) in [6.45, 7) is 3.64. The molecule has 1 N–H and O–H groups in total. The van der Waals surface area contributed by atoms with Gasteiger partial charge in [-0.05, 0) is 56.0 Å². The Bertz CT molecular complexity index is 689. The average molecular weight is 340 g/mol. The van der Waals surface area contributed by atoms with Crippen LogP contribution in [0.4, 0.5) is 10.1 Å². The molecule has 1 saturated heterocycles. The van der Waals surface area contributed by atoms with Gasteiger partial charge in [0.1, 0.15) is 5.82 Å². The third-order valence-corrected chi connectivity index (χ3v) is 4.81. The second-order valence-corrected chi connectivity index (χ2v) is 6.79. The zero-order valence-electron chi connectivity index (χ0n) is 14.7. The van der Waals surface area contributed by atoms with Gasteiger partial charge in [0.2, 0.25) is 5.91 Å². The van der Waals surface area contributed by atoms with Crippen LogP contribution in [0.1, 0.15) is 30.4 Å². The lowest BCUT2D eigenvalue weighted by Crippen LogP contribution is -2.42. The van der Waals surface area contributed by atoms with Crippen LogP contribution in [-0.2, 0) is 11.2 Å². The minimum atomic E-state index is -0.223. The van der Waals surface area contributed by atoms with E-state index in [-0.39, 0.29) is 11.7 Å². The summed E-state index contributed by atoms with van der Waals surface area (Å²) in [5.41, 5.74) is 3.39. The van der Waals surface area contributed by atoms with E-state index in [1.54, 1.807) is 12.1 Å². The van der Waals surface area contributed by atoms with Gasteiger partial charge in [0.15, 0.2) is 0 Å². The van der Waals surface area contributed by atoms with Crippen LogP contribution in [0.2, 0.25) is 0 Å². The molecule has 2 aromatic rings. The molecule has 3 rings (SSSR count). The largest absolute Gasteiger partial charge is 0.382 e. The zero-order valence-corrected chi connectivity index (χ0v) is 14.7. The van der Waals surface area contributed by atoms with Gasteiger partial charge in [-0.15, -0.1) is 0 Å². The minimum Gasteiger partial charge on any atom is -0.382 e. The highest BCUT2D eigenvalue weighted by molar-refractivity contribution is 5.76. The number of anilines is 1. The van der Waals surface area contributed by atoms with Crippen LogP contribution in [-0.4, -0.2) is 29.9 Å². The molecule has 0 atom stereocenters. The van der Waals surface area contributed by atoms with Crippen molar-refractivity contribution in [1.82, 2.24) is 4.90 Å². The maximum absolute atomic E-state index is 12.9. The molecule has 0 unspecified atom stereocenters. The number of rotatable bonds is 5. The molecule has 132 valence electrons. The summed E-state index contributed by atoms with van der Waals surface area (Å²) in [5.74, 6) is 0.0142. The van der Waals surface area contributed by atoms with E-state index in [2.05, 4.69) is 36.5 Å². The van der Waals surface area contributed by atoms with Gasteiger partial charge in [0, 0.05) is 31.2 Å². The number of aryl methyl sites for hydroxylation is 2. The molecule has 3 nitrogen and oxygen atoms in total. The molecule has 0 aromatic heterocycles. The van der Waals surface area contributed by atoms with E-state index >= 15 is 0 Å². The summed E-state index contributed by atoms with van der Waals surface area (Å²) in [7, 11) is 0. The van der Waals surface area contributed by atoms with E-state index in [4.69, 9.17) is 0 Å². The van der Waals surface area contributed by atoms with Crippen LogP contribution >= 0.6 is 0 Å². The van der Waals surface area contributed by atoms with Gasteiger partial charge in [-0.2, -0.15) is 0 Å². The number of amides is 1.